The van der Waals surface area contributed by atoms with Crippen LogP contribution in [0.3, 0.4) is 0 Å². The zero-order chi connectivity index (χ0) is 15.1. The first-order chi connectivity index (χ1) is 10.8. The Bertz CT molecular complexity index is 783. The molecule has 114 valence electrons. The lowest BCUT2D eigenvalue weighted by Gasteiger charge is -2.31. The van der Waals surface area contributed by atoms with Crippen LogP contribution in [0.5, 0.6) is 0 Å². The number of H-pyrrole nitrogens is 1. The number of amides is 1. The SMILES string of the molecule is O=C(c1n[nH]c(=O)c2ccccc12)N1CCC2CCCCC21. The second kappa shape index (κ2) is 5.23. The van der Waals surface area contributed by atoms with Crippen molar-refractivity contribution in [3.63, 3.8) is 0 Å². The van der Waals surface area contributed by atoms with Gasteiger partial charge < -0.3 is 4.90 Å². The van der Waals surface area contributed by atoms with E-state index in [0.717, 1.165) is 19.4 Å². The van der Waals surface area contributed by atoms with Gasteiger partial charge in [0.2, 0.25) is 0 Å². The van der Waals surface area contributed by atoms with Crippen molar-refractivity contribution in [3.05, 3.63) is 40.3 Å². The number of aromatic nitrogens is 2. The Kier molecular flexibility index (Phi) is 3.21. The van der Waals surface area contributed by atoms with Crippen LogP contribution in [-0.2, 0) is 0 Å². The third-order valence-corrected chi connectivity index (χ3v) is 5.17. The summed E-state index contributed by atoms with van der Waals surface area (Å²) in [5, 5.41) is 7.70. The Balaban J connectivity index is 1.74. The van der Waals surface area contributed by atoms with E-state index in [1.165, 1.54) is 19.3 Å². The second-order valence-electron chi connectivity index (χ2n) is 6.35. The van der Waals surface area contributed by atoms with Crippen molar-refractivity contribution in [2.75, 3.05) is 6.54 Å². The standard InChI is InChI=1S/C17H19N3O2/c21-16-13-7-3-2-6-12(13)15(18-19-16)17(22)20-10-9-11-5-1-4-8-14(11)20/h2-3,6-7,11,14H,1,4-5,8-10H2,(H,19,21). The average molecular weight is 297 g/mol. The molecule has 0 radical (unpaired) electrons. The molecule has 1 N–H and O–H groups in total. The van der Waals surface area contributed by atoms with E-state index in [4.69, 9.17) is 0 Å². The van der Waals surface area contributed by atoms with Crippen LogP contribution < -0.4 is 5.56 Å². The zero-order valence-electron chi connectivity index (χ0n) is 12.4. The molecule has 1 aliphatic carbocycles. The number of rotatable bonds is 1. The van der Waals surface area contributed by atoms with Gasteiger partial charge in [-0.15, -0.1) is 0 Å². The van der Waals surface area contributed by atoms with Crippen molar-refractivity contribution < 1.29 is 4.79 Å². The first-order valence-electron chi connectivity index (χ1n) is 8.04. The number of hydrogen-bond acceptors (Lipinski definition) is 3. The molecular weight excluding hydrogens is 278 g/mol. The van der Waals surface area contributed by atoms with Gasteiger partial charge >= 0.3 is 0 Å². The minimum atomic E-state index is -0.246. The first-order valence-corrected chi connectivity index (χ1v) is 8.04. The summed E-state index contributed by atoms with van der Waals surface area (Å²) in [7, 11) is 0. The number of hydrogen-bond donors (Lipinski definition) is 1. The molecule has 0 bridgehead atoms. The van der Waals surface area contributed by atoms with Gasteiger partial charge in [0.25, 0.3) is 11.5 Å². The number of aromatic amines is 1. The van der Waals surface area contributed by atoms with Gasteiger partial charge in [-0.2, -0.15) is 5.10 Å². The van der Waals surface area contributed by atoms with Gasteiger partial charge in [0, 0.05) is 18.0 Å². The smallest absolute Gasteiger partial charge is 0.275 e. The number of benzene rings is 1. The van der Waals surface area contributed by atoms with E-state index in [-0.39, 0.29) is 11.5 Å². The Morgan fingerprint density at radius 1 is 1.14 bits per heavy atom. The highest BCUT2D eigenvalue weighted by Gasteiger charge is 2.39. The summed E-state index contributed by atoms with van der Waals surface area (Å²) < 4.78 is 0. The molecule has 2 aliphatic rings. The molecule has 22 heavy (non-hydrogen) atoms. The average Bonchev–Trinajstić information content (AvgIpc) is 2.99. The predicted octanol–water partition coefficient (Wildman–Crippen LogP) is 2.33. The maximum Gasteiger partial charge on any atom is 0.275 e. The largest absolute Gasteiger partial charge is 0.334 e. The van der Waals surface area contributed by atoms with Crippen LogP contribution in [0.4, 0.5) is 0 Å². The monoisotopic (exact) mass is 297 g/mol. The van der Waals surface area contributed by atoms with Crippen LogP contribution in [0, 0.1) is 5.92 Å². The molecule has 1 aliphatic heterocycles. The number of carbonyl (C=O) groups excluding carboxylic acids is 1. The van der Waals surface area contributed by atoms with Gasteiger partial charge in [-0.1, -0.05) is 31.0 Å². The van der Waals surface area contributed by atoms with Gasteiger partial charge in [-0.25, -0.2) is 5.10 Å². The minimum Gasteiger partial charge on any atom is -0.334 e. The highest BCUT2D eigenvalue weighted by atomic mass is 16.2. The molecule has 0 spiro atoms. The first kappa shape index (κ1) is 13.5. The minimum absolute atomic E-state index is 0.0400. The van der Waals surface area contributed by atoms with Crippen LogP contribution in [-0.4, -0.2) is 33.6 Å². The quantitative estimate of drug-likeness (QED) is 0.878. The predicted molar refractivity (Wildman–Crippen MR) is 83.8 cm³/mol. The molecular formula is C17H19N3O2. The van der Waals surface area contributed by atoms with E-state index in [1.807, 2.05) is 11.0 Å². The summed E-state index contributed by atoms with van der Waals surface area (Å²) in [6.45, 7) is 0.809. The summed E-state index contributed by atoms with van der Waals surface area (Å²) in [5.41, 5.74) is 0.130. The van der Waals surface area contributed by atoms with Crippen molar-refractivity contribution in [3.8, 4) is 0 Å². The molecule has 1 saturated heterocycles. The van der Waals surface area contributed by atoms with Crippen LogP contribution in [0.2, 0.25) is 0 Å². The lowest BCUT2D eigenvalue weighted by atomic mass is 9.85. The van der Waals surface area contributed by atoms with Crippen molar-refractivity contribution in [2.24, 2.45) is 5.92 Å². The topological polar surface area (TPSA) is 66.1 Å². The van der Waals surface area contributed by atoms with Gasteiger partial charge in [0.1, 0.15) is 0 Å². The fourth-order valence-electron chi connectivity index (χ4n) is 4.07. The third kappa shape index (κ3) is 2.03. The summed E-state index contributed by atoms with van der Waals surface area (Å²) in [4.78, 5) is 26.8. The maximum atomic E-state index is 13.0. The van der Waals surface area contributed by atoms with Crippen molar-refractivity contribution in [1.82, 2.24) is 15.1 Å². The second-order valence-corrected chi connectivity index (χ2v) is 6.35. The lowest BCUT2D eigenvalue weighted by Crippen LogP contribution is -2.40. The van der Waals surface area contributed by atoms with E-state index < -0.39 is 0 Å². The summed E-state index contributed by atoms with van der Waals surface area (Å²) in [6.07, 6.45) is 5.90. The molecule has 1 amide bonds. The normalized spacial score (nSPS) is 24.5. The highest BCUT2D eigenvalue weighted by molar-refractivity contribution is 6.04. The summed E-state index contributed by atoms with van der Waals surface area (Å²) in [6, 6.07) is 7.54. The Morgan fingerprint density at radius 2 is 1.91 bits per heavy atom. The molecule has 2 atom stereocenters. The Labute approximate surface area is 128 Å². The van der Waals surface area contributed by atoms with Crippen LogP contribution >= 0.6 is 0 Å². The van der Waals surface area contributed by atoms with E-state index >= 15 is 0 Å². The number of carbonyl (C=O) groups is 1. The molecule has 1 saturated carbocycles. The Hall–Kier alpha value is -2.17. The van der Waals surface area contributed by atoms with Crippen molar-refractivity contribution in [2.45, 2.75) is 38.1 Å². The zero-order valence-corrected chi connectivity index (χ0v) is 12.4. The fraction of sp³-hybridized carbons (Fsp3) is 0.471. The molecule has 1 aromatic heterocycles. The third-order valence-electron chi connectivity index (χ3n) is 5.17. The Morgan fingerprint density at radius 3 is 2.77 bits per heavy atom. The molecule has 1 aromatic carbocycles. The number of fused-ring (bicyclic) bond motifs is 2. The van der Waals surface area contributed by atoms with Crippen molar-refractivity contribution in [1.29, 1.82) is 0 Å². The van der Waals surface area contributed by atoms with E-state index in [2.05, 4.69) is 10.2 Å². The summed E-state index contributed by atoms with van der Waals surface area (Å²) in [5.74, 6) is 0.605. The number of nitrogens with zero attached hydrogens (tertiary/aromatic N) is 2. The van der Waals surface area contributed by atoms with Crippen LogP contribution in [0.15, 0.2) is 29.1 Å². The molecule has 2 fully saturated rings. The molecule has 5 heteroatoms. The summed E-state index contributed by atoms with van der Waals surface area (Å²) >= 11 is 0. The molecule has 2 heterocycles. The fourth-order valence-corrected chi connectivity index (χ4v) is 4.07. The maximum absolute atomic E-state index is 13.0. The van der Waals surface area contributed by atoms with E-state index in [0.29, 0.717) is 28.4 Å². The van der Waals surface area contributed by atoms with Gasteiger partial charge in [-0.05, 0) is 31.2 Å². The van der Waals surface area contributed by atoms with E-state index in [9.17, 15) is 9.59 Å². The molecule has 4 rings (SSSR count). The highest BCUT2D eigenvalue weighted by Crippen LogP contribution is 2.37. The van der Waals surface area contributed by atoms with Gasteiger partial charge in [-0.3, -0.25) is 9.59 Å². The van der Waals surface area contributed by atoms with Crippen molar-refractivity contribution >= 4 is 16.7 Å². The van der Waals surface area contributed by atoms with Crippen LogP contribution in [0.1, 0.15) is 42.6 Å². The molecule has 5 nitrogen and oxygen atoms in total. The van der Waals surface area contributed by atoms with E-state index in [1.54, 1.807) is 18.2 Å². The lowest BCUT2D eigenvalue weighted by molar-refractivity contribution is 0.0685. The van der Waals surface area contributed by atoms with Crippen LogP contribution in [0.25, 0.3) is 10.8 Å². The van der Waals surface area contributed by atoms with Gasteiger partial charge in [0.15, 0.2) is 5.69 Å². The molecule has 2 unspecified atom stereocenters. The number of likely N-dealkylation sites (tertiary alicyclic amines) is 1. The molecule has 2 aromatic rings. The van der Waals surface area contributed by atoms with Gasteiger partial charge in [0.05, 0.1) is 5.39 Å². The number of nitrogens with one attached hydrogen (secondary N) is 1.